The molecule has 1 aliphatic heterocycles. The zero-order chi connectivity index (χ0) is 12.6. The van der Waals surface area contributed by atoms with Crippen LogP contribution in [0.2, 0.25) is 0 Å². The van der Waals surface area contributed by atoms with E-state index in [0.717, 1.165) is 16.1 Å². The first-order valence-electron chi connectivity index (χ1n) is 5.15. The van der Waals surface area contributed by atoms with Crippen LogP contribution in [0.1, 0.15) is 12.0 Å². The smallest absolute Gasteiger partial charge is 0.263 e. The molecule has 0 atom stereocenters. The van der Waals surface area contributed by atoms with E-state index in [1.807, 2.05) is 0 Å². The Morgan fingerprint density at radius 1 is 1.41 bits per heavy atom. The average molecular weight is 256 g/mol. The fourth-order valence-corrected chi connectivity index (χ4v) is 3.07. The molecule has 0 saturated carbocycles. The van der Waals surface area contributed by atoms with E-state index in [-0.39, 0.29) is 11.4 Å². The van der Waals surface area contributed by atoms with E-state index in [1.165, 1.54) is 6.07 Å². The molecule has 0 aliphatic carbocycles. The summed E-state index contributed by atoms with van der Waals surface area (Å²) in [5.41, 5.74) is 0.801. The highest BCUT2D eigenvalue weighted by atomic mass is 32.2. The number of nitro benzene ring substituents is 1. The lowest BCUT2D eigenvalue weighted by Gasteiger charge is -2.28. The van der Waals surface area contributed by atoms with E-state index in [2.05, 4.69) is 0 Å². The molecule has 0 aromatic heterocycles. The van der Waals surface area contributed by atoms with Gasteiger partial charge in [0.05, 0.1) is 11.2 Å². The lowest BCUT2D eigenvalue weighted by atomic mass is 10.0. The maximum atomic E-state index is 11.6. The summed E-state index contributed by atoms with van der Waals surface area (Å²) in [4.78, 5) is 10.4. The van der Waals surface area contributed by atoms with Crippen molar-refractivity contribution in [1.82, 2.24) is 0 Å². The Morgan fingerprint density at radius 3 is 2.71 bits per heavy atom. The first kappa shape index (κ1) is 11.8. The number of nitrogens with zero attached hydrogens (tertiary/aromatic N) is 2. The first-order valence-corrected chi connectivity index (χ1v) is 7.00. The van der Waals surface area contributed by atoms with Crippen molar-refractivity contribution in [3.05, 3.63) is 33.9 Å². The summed E-state index contributed by atoms with van der Waals surface area (Å²) in [6, 6.07) is 4.66. The lowest BCUT2D eigenvalue weighted by Crippen LogP contribution is -2.35. The summed E-state index contributed by atoms with van der Waals surface area (Å²) in [6.07, 6.45) is 2.42. The van der Waals surface area contributed by atoms with Crippen LogP contribution in [0.4, 0.5) is 11.4 Å². The Hall–Kier alpha value is -1.63. The highest BCUT2D eigenvalue weighted by Crippen LogP contribution is 2.37. The van der Waals surface area contributed by atoms with Crippen molar-refractivity contribution in [3.63, 3.8) is 0 Å². The Labute approximate surface area is 99.1 Å². The van der Waals surface area contributed by atoms with Crippen LogP contribution in [0, 0.1) is 10.1 Å². The van der Waals surface area contributed by atoms with Gasteiger partial charge >= 0.3 is 0 Å². The number of anilines is 1. The third kappa shape index (κ3) is 2.10. The molecule has 1 aromatic carbocycles. The molecule has 0 bridgehead atoms. The van der Waals surface area contributed by atoms with Crippen LogP contribution in [0.3, 0.4) is 0 Å². The average Bonchev–Trinajstić information content (AvgIpc) is 2.26. The molecule has 0 N–H and O–H groups in total. The molecule has 1 aromatic rings. The molecule has 1 heterocycles. The van der Waals surface area contributed by atoms with Crippen molar-refractivity contribution < 1.29 is 13.3 Å². The topological polar surface area (TPSA) is 80.5 Å². The molecule has 6 nitrogen and oxygen atoms in total. The molecule has 7 heteroatoms. The number of hydrogen-bond donors (Lipinski definition) is 0. The van der Waals surface area contributed by atoms with Gasteiger partial charge in [0, 0.05) is 12.6 Å². The van der Waals surface area contributed by atoms with Gasteiger partial charge in [0.15, 0.2) is 0 Å². The third-order valence-corrected chi connectivity index (χ3v) is 3.92. The van der Waals surface area contributed by atoms with Crippen LogP contribution in [0.25, 0.3) is 0 Å². The molecule has 0 saturated heterocycles. The number of sulfonamides is 1. The second-order valence-corrected chi connectivity index (χ2v) is 5.89. The van der Waals surface area contributed by atoms with Gasteiger partial charge in [0.25, 0.3) is 5.69 Å². The van der Waals surface area contributed by atoms with Crippen LogP contribution in [-0.2, 0) is 16.4 Å². The highest BCUT2D eigenvalue weighted by molar-refractivity contribution is 7.92. The largest absolute Gasteiger partial charge is 0.293 e. The lowest BCUT2D eigenvalue weighted by molar-refractivity contribution is -0.384. The zero-order valence-corrected chi connectivity index (χ0v) is 10.1. The predicted molar refractivity (Wildman–Crippen MR) is 63.6 cm³/mol. The van der Waals surface area contributed by atoms with Gasteiger partial charge in [-0.25, -0.2) is 8.42 Å². The molecule has 2 rings (SSSR count). The molecule has 0 radical (unpaired) electrons. The van der Waals surface area contributed by atoms with Gasteiger partial charge in [-0.2, -0.15) is 0 Å². The Bertz CT molecular complexity index is 568. The maximum Gasteiger partial charge on any atom is 0.293 e. The van der Waals surface area contributed by atoms with Crippen molar-refractivity contribution in [1.29, 1.82) is 0 Å². The minimum absolute atomic E-state index is 0.146. The Morgan fingerprint density at radius 2 is 2.12 bits per heavy atom. The van der Waals surface area contributed by atoms with Crippen LogP contribution < -0.4 is 4.31 Å². The van der Waals surface area contributed by atoms with Gasteiger partial charge in [-0.05, 0) is 18.4 Å². The van der Waals surface area contributed by atoms with Gasteiger partial charge < -0.3 is 0 Å². The van der Waals surface area contributed by atoms with Crippen molar-refractivity contribution in [2.24, 2.45) is 0 Å². The summed E-state index contributed by atoms with van der Waals surface area (Å²) in [5.74, 6) is 0. The number of benzene rings is 1. The first-order chi connectivity index (χ1) is 7.91. The van der Waals surface area contributed by atoms with E-state index in [1.54, 1.807) is 12.1 Å². The number of fused-ring (bicyclic) bond motifs is 1. The molecular formula is C10H12N2O4S. The molecule has 92 valence electrons. The van der Waals surface area contributed by atoms with Crippen LogP contribution in [0.15, 0.2) is 18.2 Å². The van der Waals surface area contributed by atoms with Crippen molar-refractivity contribution in [2.75, 3.05) is 17.1 Å². The summed E-state index contributed by atoms with van der Waals surface area (Å²) in [5, 5.41) is 10.9. The monoisotopic (exact) mass is 256 g/mol. The minimum Gasteiger partial charge on any atom is -0.263 e. The molecule has 0 spiro atoms. The molecule has 0 fully saturated rings. The standard InChI is InChI=1S/C10H12N2O4S/c1-17(15,16)11-7-3-5-8-4-2-6-9(10(8)11)12(13)14/h2,4,6H,3,5,7H2,1H3. The van der Waals surface area contributed by atoms with E-state index < -0.39 is 14.9 Å². The summed E-state index contributed by atoms with van der Waals surface area (Å²) in [7, 11) is -3.47. The molecule has 1 aliphatic rings. The number of nitro groups is 1. The number of rotatable bonds is 2. The second kappa shape index (κ2) is 3.99. The van der Waals surface area contributed by atoms with E-state index in [0.29, 0.717) is 19.4 Å². The van der Waals surface area contributed by atoms with E-state index in [4.69, 9.17) is 0 Å². The molecular weight excluding hydrogens is 244 g/mol. The molecule has 17 heavy (non-hydrogen) atoms. The number of aryl methyl sites for hydroxylation is 1. The van der Waals surface area contributed by atoms with Crippen LogP contribution in [0.5, 0.6) is 0 Å². The number of hydrogen-bond acceptors (Lipinski definition) is 4. The Kier molecular flexibility index (Phi) is 2.78. The SMILES string of the molecule is CS(=O)(=O)N1CCCc2cccc([N+](=O)[O-])c21. The normalized spacial score (nSPS) is 15.5. The quantitative estimate of drug-likeness (QED) is 0.590. The summed E-state index contributed by atoms with van der Waals surface area (Å²) in [6.45, 7) is 0.302. The van der Waals surface area contributed by atoms with Crippen molar-refractivity contribution in [2.45, 2.75) is 12.8 Å². The Balaban J connectivity index is 2.67. The van der Waals surface area contributed by atoms with Crippen molar-refractivity contribution in [3.8, 4) is 0 Å². The van der Waals surface area contributed by atoms with Crippen LogP contribution in [-0.4, -0.2) is 26.1 Å². The molecule has 0 unspecified atom stereocenters. The zero-order valence-electron chi connectivity index (χ0n) is 9.29. The summed E-state index contributed by atoms with van der Waals surface area (Å²) >= 11 is 0. The minimum atomic E-state index is -3.47. The predicted octanol–water partition coefficient (Wildman–Crippen LogP) is 1.31. The fourth-order valence-electron chi connectivity index (χ4n) is 2.07. The number of para-hydroxylation sites is 1. The van der Waals surface area contributed by atoms with Gasteiger partial charge in [0.2, 0.25) is 10.0 Å². The third-order valence-electron chi connectivity index (χ3n) is 2.75. The van der Waals surface area contributed by atoms with Crippen molar-refractivity contribution >= 4 is 21.4 Å². The fraction of sp³-hybridized carbons (Fsp3) is 0.400. The van der Waals surface area contributed by atoms with Gasteiger partial charge in [-0.15, -0.1) is 0 Å². The van der Waals surface area contributed by atoms with E-state index >= 15 is 0 Å². The van der Waals surface area contributed by atoms with E-state index in [9.17, 15) is 18.5 Å². The highest BCUT2D eigenvalue weighted by Gasteiger charge is 2.30. The second-order valence-electron chi connectivity index (χ2n) is 3.98. The van der Waals surface area contributed by atoms with Gasteiger partial charge in [-0.1, -0.05) is 12.1 Å². The van der Waals surface area contributed by atoms with Gasteiger partial charge in [-0.3, -0.25) is 14.4 Å². The van der Waals surface area contributed by atoms with Gasteiger partial charge in [0.1, 0.15) is 5.69 Å². The molecule has 0 amide bonds. The maximum absolute atomic E-state index is 11.6. The summed E-state index contributed by atoms with van der Waals surface area (Å²) < 4.78 is 24.4. The van der Waals surface area contributed by atoms with Crippen LogP contribution >= 0.6 is 0 Å².